The molecule has 1 aliphatic rings. The maximum absolute atomic E-state index is 12.8. The Morgan fingerprint density at radius 1 is 1.41 bits per heavy atom. The van der Waals surface area contributed by atoms with E-state index in [-0.39, 0.29) is 25.0 Å². The molecule has 1 aliphatic heterocycles. The van der Waals surface area contributed by atoms with Crippen molar-refractivity contribution < 1.29 is 14.3 Å². The number of aromatic nitrogens is 4. The molecule has 10 nitrogen and oxygen atoms in total. The molecule has 2 atom stereocenters. The van der Waals surface area contributed by atoms with Gasteiger partial charge in [-0.25, -0.2) is 4.68 Å². The lowest BCUT2D eigenvalue weighted by atomic mass is 9.98. The summed E-state index contributed by atoms with van der Waals surface area (Å²) in [6.45, 7) is 2.67. The van der Waals surface area contributed by atoms with E-state index in [4.69, 9.17) is 14.7 Å². The topological polar surface area (TPSA) is 127 Å². The lowest BCUT2D eigenvalue weighted by Crippen LogP contribution is -2.43. The van der Waals surface area contributed by atoms with Crippen LogP contribution >= 0.6 is 0 Å². The second-order valence-electron chi connectivity index (χ2n) is 6.81. The van der Waals surface area contributed by atoms with Gasteiger partial charge in [0.15, 0.2) is 5.82 Å². The monoisotopic (exact) mass is 399 g/mol. The van der Waals surface area contributed by atoms with Crippen LogP contribution in [-0.4, -0.2) is 52.4 Å². The van der Waals surface area contributed by atoms with E-state index in [0.29, 0.717) is 25.5 Å². The van der Waals surface area contributed by atoms with Gasteiger partial charge >= 0.3 is 0 Å². The molecule has 1 amide bonds. The van der Waals surface area contributed by atoms with Crippen molar-refractivity contribution in [2.75, 3.05) is 26.3 Å². The third kappa shape index (κ3) is 6.23. The Labute approximate surface area is 169 Å². The fourth-order valence-corrected chi connectivity index (χ4v) is 3.21. The third-order valence-electron chi connectivity index (χ3n) is 4.72. The van der Waals surface area contributed by atoms with Gasteiger partial charge in [0.05, 0.1) is 25.7 Å². The molecule has 1 aromatic carbocycles. The lowest BCUT2D eigenvalue weighted by Gasteiger charge is -2.25. The summed E-state index contributed by atoms with van der Waals surface area (Å²) in [6.07, 6.45) is 3.44. The highest BCUT2D eigenvalue weighted by Crippen LogP contribution is 2.15. The molecular weight excluding hydrogens is 374 g/mol. The molecule has 2 aromatic rings. The fourth-order valence-electron chi connectivity index (χ4n) is 3.21. The van der Waals surface area contributed by atoms with Crippen LogP contribution in [0.2, 0.25) is 0 Å². The predicted molar refractivity (Wildman–Crippen MR) is 102 cm³/mol. The lowest BCUT2D eigenvalue weighted by molar-refractivity contribution is -0.126. The van der Waals surface area contributed by atoms with Gasteiger partial charge in [-0.15, -0.1) is 5.10 Å². The van der Waals surface area contributed by atoms with Gasteiger partial charge in [0.25, 0.3) is 6.26 Å². The van der Waals surface area contributed by atoms with Crippen molar-refractivity contribution in [1.82, 2.24) is 30.8 Å². The standard InChI is InChI=1S/C19H25N7O3/c20-14-28-10-9-26-18(23-24-25-26)17(13-29-12-15-5-2-1-3-6-15)22-19(27)16-7-4-8-21-11-16/h1-3,5-6,16-17,21H,4,7-13H2,(H,22,27). The van der Waals surface area contributed by atoms with Crippen LogP contribution in [0.25, 0.3) is 0 Å². The molecule has 29 heavy (non-hydrogen) atoms. The molecule has 0 saturated carbocycles. The van der Waals surface area contributed by atoms with E-state index < -0.39 is 6.04 Å². The molecule has 0 radical (unpaired) electrons. The van der Waals surface area contributed by atoms with Gasteiger partial charge in [0, 0.05) is 6.54 Å². The Kier molecular flexibility index (Phi) is 7.91. The second-order valence-corrected chi connectivity index (χ2v) is 6.81. The zero-order valence-corrected chi connectivity index (χ0v) is 16.2. The van der Waals surface area contributed by atoms with E-state index in [0.717, 1.165) is 24.9 Å². The summed E-state index contributed by atoms with van der Waals surface area (Å²) in [5.74, 6) is 0.330. The van der Waals surface area contributed by atoms with Crippen LogP contribution in [0.5, 0.6) is 0 Å². The smallest absolute Gasteiger partial charge is 0.286 e. The van der Waals surface area contributed by atoms with Gasteiger partial charge in [-0.2, -0.15) is 5.26 Å². The van der Waals surface area contributed by atoms with Crippen LogP contribution in [0.3, 0.4) is 0 Å². The minimum Gasteiger partial charge on any atom is -0.426 e. The van der Waals surface area contributed by atoms with Gasteiger partial charge in [0.1, 0.15) is 12.6 Å². The van der Waals surface area contributed by atoms with Crippen LogP contribution < -0.4 is 10.6 Å². The van der Waals surface area contributed by atoms with Crippen molar-refractivity contribution in [1.29, 1.82) is 5.26 Å². The summed E-state index contributed by atoms with van der Waals surface area (Å²) in [4.78, 5) is 12.8. The van der Waals surface area contributed by atoms with Crippen molar-refractivity contribution in [3.63, 3.8) is 0 Å². The number of amides is 1. The van der Waals surface area contributed by atoms with Crippen molar-refractivity contribution in [3.05, 3.63) is 41.7 Å². The maximum Gasteiger partial charge on any atom is 0.286 e. The Hall–Kier alpha value is -3.03. The van der Waals surface area contributed by atoms with Crippen molar-refractivity contribution in [2.45, 2.75) is 32.0 Å². The van der Waals surface area contributed by atoms with Gasteiger partial charge in [0.2, 0.25) is 5.91 Å². The zero-order chi connectivity index (χ0) is 20.3. The Morgan fingerprint density at radius 3 is 3.03 bits per heavy atom. The summed E-state index contributed by atoms with van der Waals surface area (Å²) in [5.41, 5.74) is 1.04. The van der Waals surface area contributed by atoms with Gasteiger partial charge in [-0.3, -0.25) is 4.79 Å². The highest BCUT2D eigenvalue weighted by Gasteiger charge is 2.27. The number of piperidine rings is 1. The molecule has 10 heteroatoms. The molecule has 2 N–H and O–H groups in total. The number of carbonyl (C=O) groups excluding carboxylic acids is 1. The second kappa shape index (κ2) is 11.1. The van der Waals surface area contributed by atoms with Crippen molar-refractivity contribution in [2.24, 2.45) is 5.92 Å². The first kappa shape index (κ1) is 20.7. The number of hydrogen-bond donors (Lipinski definition) is 2. The molecule has 1 saturated heterocycles. The number of carbonyl (C=O) groups is 1. The van der Waals surface area contributed by atoms with E-state index in [1.165, 1.54) is 4.68 Å². The maximum atomic E-state index is 12.8. The van der Waals surface area contributed by atoms with Crippen LogP contribution in [0.4, 0.5) is 0 Å². The van der Waals surface area contributed by atoms with E-state index in [2.05, 4.69) is 26.2 Å². The summed E-state index contributed by atoms with van der Waals surface area (Å²) in [6, 6.07) is 9.29. The Morgan fingerprint density at radius 2 is 2.28 bits per heavy atom. The molecule has 0 bridgehead atoms. The highest BCUT2D eigenvalue weighted by molar-refractivity contribution is 5.79. The van der Waals surface area contributed by atoms with Crippen LogP contribution in [0.15, 0.2) is 30.3 Å². The van der Waals surface area contributed by atoms with Gasteiger partial charge in [-0.05, 0) is 35.4 Å². The summed E-state index contributed by atoms with van der Waals surface area (Å²) < 4.78 is 12.1. The number of nitrogens with zero attached hydrogens (tertiary/aromatic N) is 5. The number of hydrogen-bond acceptors (Lipinski definition) is 8. The molecule has 3 rings (SSSR count). The summed E-state index contributed by atoms with van der Waals surface area (Å²) in [5, 5.41) is 26.6. The van der Waals surface area contributed by atoms with E-state index in [1.807, 2.05) is 30.3 Å². The first-order valence-electron chi connectivity index (χ1n) is 9.67. The van der Waals surface area contributed by atoms with E-state index in [9.17, 15) is 4.79 Å². The SMILES string of the molecule is N#COCCn1nnnc1C(COCc1ccccc1)NC(=O)C1CCCNC1. The number of tetrazole rings is 1. The Bertz CT molecular complexity index is 800. The van der Waals surface area contributed by atoms with Crippen molar-refractivity contribution >= 4 is 5.91 Å². The predicted octanol–water partition coefficient (Wildman–Crippen LogP) is 0.544. The average Bonchev–Trinajstić information content (AvgIpc) is 3.23. The molecule has 1 aromatic heterocycles. The number of rotatable bonds is 10. The largest absolute Gasteiger partial charge is 0.426 e. The number of ether oxygens (including phenoxy) is 2. The molecule has 154 valence electrons. The molecule has 0 spiro atoms. The normalized spacial score (nSPS) is 17.3. The zero-order valence-electron chi connectivity index (χ0n) is 16.2. The van der Waals surface area contributed by atoms with Gasteiger partial charge < -0.3 is 20.1 Å². The molecular formula is C19H25N7O3. The minimum absolute atomic E-state index is 0.0478. The molecule has 1 fully saturated rings. The number of nitriles is 1. The van der Waals surface area contributed by atoms with Crippen LogP contribution in [0.1, 0.15) is 30.3 Å². The quantitative estimate of drug-likeness (QED) is 0.438. The summed E-state index contributed by atoms with van der Waals surface area (Å²) >= 11 is 0. The van der Waals surface area contributed by atoms with Gasteiger partial charge in [-0.1, -0.05) is 30.3 Å². The highest BCUT2D eigenvalue weighted by atomic mass is 16.5. The number of nitrogens with one attached hydrogen (secondary N) is 2. The molecule has 2 heterocycles. The minimum atomic E-state index is -0.509. The molecule has 0 aliphatic carbocycles. The first-order chi connectivity index (χ1) is 14.3. The summed E-state index contributed by atoms with van der Waals surface area (Å²) in [7, 11) is 0. The van der Waals surface area contributed by atoms with Crippen LogP contribution in [-0.2, 0) is 27.4 Å². The first-order valence-corrected chi connectivity index (χ1v) is 9.67. The van der Waals surface area contributed by atoms with E-state index in [1.54, 1.807) is 6.26 Å². The van der Waals surface area contributed by atoms with Crippen LogP contribution in [0, 0.1) is 17.4 Å². The molecule has 2 unspecified atom stereocenters. The van der Waals surface area contributed by atoms with E-state index >= 15 is 0 Å². The number of benzene rings is 1. The third-order valence-corrected chi connectivity index (χ3v) is 4.72. The van der Waals surface area contributed by atoms with Crippen molar-refractivity contribution in [3.8, 4) is 6.26 Å². The Balaban J connectivity index is 1.66. The fraction of sp³-hybridized carbons (Fsp3) is 0.526. The average molecular weight is 399 g/mol.